The molecule has 10 heteroatoms. The molecule has 192 valence electrons. The lowest BCUT2D eigenvalue weighted by molar-refractivity contribution is 0.201. The minimum Gasteiger partial charge on any atom is -0.353 e. The highest BCUT2D eigenvalue weighted by atomic mass is 79.9. The predicted molar refractivity (Wildman–Crippen MR) is 152 cm³/mol. The number of carbonyl (C=O) groups is 1. The van der Waals surface area contributed by atoms with Crippen LogP contribution in [0.2, 0.25) is 0 Å². The number of nitrogens with two attached hydrogens (primary N) is 1. The third-order valence-electron chi connectivity index (χ3n) is 7.44. The molecule has 4 aromatic rings. The molecular formula is C27H30BrN7OS. The zero-order valence-corrected chi connectivity index (χ0v) is 23.0. The number of carbonyl (C=O) groups excluding carboxylic acids is 1. The predicted octanol–water partition coefficient (Wildman–Crippen LogP) is 4.57. The minimum absolute atomic E-state index is 0.370. The number of amides is 2. The topological polar surface area (TPSA) is 83.5 Å². The van der Waals surface area contributed by atoms with E-state index >= 15 is 0 Å². The van der Waals surface area contributed by atoms with Gasteiger partial charge in [-0.05, 0) is 42.2 Å². The molecule has 0 atom stereocenters. The van der Waals surface area contributed by atoms with E-state index in [4.69, 9.17) is 15.2 Å². The van der Waals surface area contributed by atoms with Gasteiger partial charge in [0.2, 0.25) is 0 Å². The van der Waals surface area contributed by atoms with E-state index < -0.39 is 0 Å². The Labute approximate surface area is 228 Å². The molecule has 0 radical (unpaired) electrons. The van der Waals surface area contributed by atoms with Crippen LogP contribution in [0, 0.1) is 0 Å². The van der Waals surface area contributed by atoms with Crippen LogP contribution in [0.5, 0.6) is 0 Å². The molecule has 4 heterocycles. The summed E-state index contributed by atoms with van der Waals surface area (Å²) < 4.78 is 9.19. The van der Waals surface area contributed by atoms with E-state index in [-0.39, 0.29) is 6.03 Å². The number of aryl methyl sites for hydroxylation is 1. The first-order valence-corrected chi connectivity index (χ1v) is 14.3. The molecule has 2 aliphatic rings. The molecule has 2 aliphatic heterocycles. The van der Waals surface area contributed by atoms with E-state index in [1.807, 2.05) is 12.1 Å². The summed E-state index contributed by atoms with van der Waals surface area (Å²) in [5.41, 5.74) is 9.99. The molecule has 0 saturated carbocycles. The van der Waals surface area contributed by atoms with Crippen molar-refractivity contribution in [1.82, 2.24) is 24.0 Å². The molecule has 1 fully saturated rings. The van der Waals surface area contributed by atoms with Gasteiger partial charge in [0.05, 0.1) is 16.9 Å². The number of aromatic nitrogens is 3. The highest BCUT2D eigenvalue weighted by Crippen LogP contribution is 2.32. The maximum Gasteiger partial charge on any atom is 0.315 e. The fourth-order valence-corrected chi connectivity index (χ4v) is 6.49. The van der Waals surface area contributed by atoms with Crippen molar-refractivity contribution in [3.8, 4) is 11.3 Å². The van der Waals surface area contributed by atoms with Crippen molar-refractivity contribution in [3.63, 3.8) is 0 Å². The Morgan fingerprint density at radius 1 is 1.00 bits per heavy atom. The van der Waals surface area contributed by atoms with Crippen LogP contribution < -0.4 is 10.6 Å². The van der Waals surface area contributed by atoms with Gasteiger partial charge in [0.15, 0.2) is 0 Å². The van der Waals surface area contributed by atoms with E-state index in [9.17, 15) is 4.79 Å². The van der Waals surface area contributed by atoms with Crippen molar-refractivity contribution < 1.29 is 4.79 Å². The van der Waals surface area contributed by atoms with Crippen LogP contribution in [0.3, 0.4) is 0 Å². The van der Waals surface area contributed by atoms with Crippen molar-refractivity contribution >= 4 is 49.4 Å². The molecular weight excluding hydrogens is 550 g/mol. The van der Waals surface area contributed by atoms with E-state index in [0.29, 0.717) is 13.1 Å². The van der Waals surface area contributed by atoms with Gasteiger partial charge in [0.25, 0.3) is 0 Å². The van der Waals surface area contributed by atoms with Crippen molar-refractivity contribution in [2.75, 3.05) is 44.2 Å². The van der Waals surface area contributed by atoms with Gasteiger partial charge in [-0.3, -0.25) is 9.58 Å². The van der Waals surface area contributed by atoms with E-state index in [1.165, 1.54) is 15.8 Å². The molecule has 37 heavy (non-hydrogen) atoms. The Bertz CT molecular complexity index is 1410. The highest BCUT2D eigenvalue weighted by Gasteiger charge is 2.27. The first kappa shape index (κ1) is 24.4. The molecule has 2 amide bonds. The van der Waals surface area contributed by atoms with Gasteiger partial charge in [-0.2, -0.15) is 9.47 Å². The fraction of sp³-hybridized carbons (Fsp3) is 0.370. The highest BCUT2D eigenvalue weighted by molar-refractivity contribution is 9.10. The molecule has 8 nitrogen and oxygen atoms in total. The van der Waals surface area contributed by atoms with Crippen LogP contribution in [0.25, 0.3) is 21.3 Å². The minimum atomic E-state index is -0.370. The first-order chi connectivity index (χ1) is 18.1. The number of fused-ring (bicyclic) bond motifs is 2. The lowest BCUT2D eigenvalue weighted by atomic mass is 10.0. The number of halogens is 1. The summed E-state index contributed by atoms with van der Waals surface area (Å²) in [4.78, 5) is 18.6. The molecule has 2 aromatic carbocycles. The number of nitrogens with zero attached hydrogens (tertiary/aromatic N) is 6. The van der Waals surface area contributed by atoms with E-state index in [0.717, 1.165) is 79.2 Å². The summed E-state index contributed by atoms with van der Waals surface area (Å²) in [5.74, 6) is 1.13. The summed E-state index contributed by atoms with van der Waals surface area (Å²) in [6.45, 7) is 7.16. The van der Waals surface area contributed by atoms with Crippen molar-refractivity contribution in [2.24, 2.45) is 5.73 Å². The molecule has 0 bridgehead atoms. The monoisotopic (exact) mass is 579 g/mol. The summed E-state index contributed by atoms with van der Waals surface area (Å²) in [7, 11) is 0. The van der Waals surface area contributed by atoms with Crippen molar-refractivity contribution in [3.05, 3.63) is 64.3 Å². The van der Waals surface area contributed by atoms with Crippen molar-refractivity contribution in [2.45, 2.75) is 25.9 Å². The van der Waals surface area contributed by atoms with Crippen LogP contribution in [0.15, 0.2) is 53.0 Å². The van der Waals surface area contributed by atoms with Gasteiger partial charge in [0.1, 0.15) is 5.82 Å². The average Bonchev–Trinajstić information content (AvgIpc) is 3.51. The van der Waals surface area contributed by atoms with E-state index in [1.54, 1.807) is 16.4 Å². The third kappa shape index (κ3) is 4.97. The van der Waals surface area contributed by atoms with Crippen LogP contribution in [0.4, 0.5) is 10.6 Å². The third-order valence-corrected chi connectivity index (χ3v) is 8.78. The number of benzene rings is 2. The Balaban J connectivity index is 1.10. The lowest BCUT2D eigenvalue weighted by Gasteiger charge is -2.35. The van der Waals surface area contributed by atoms with Gasteiger partial charge >= 0.3 is 6.03 Å². The zero-order valence-electron chi connectivity index (χ0n) is 20.6. The molecule has 1 saturated heterocycles. The van der Waals surface area contributed by atoms with Crippen LogP contribution in [0.1, 0.15) is 17.7 Å². The number of hydrogen-bond donors (Lipinski definition) is 1. The Kier molecular flexibility index (Phi) is 6.88. The summed E-state index contributed by atoms with van der Waals surface area (Å²) in [5, 5.41) is 6.30. The lowest BCUT2D eigenvalue weighted by Crippen LogP contribution is -2.47. The number of urea groups is 1. The summed E-state index contributed by atoms with van der Waals surface area (Å²) >= 11 is 5.11. The smallest absolute Gasteiger partial charge is 0.315 e. The van der Waals surface area contributed by atoms with Gasteiger partial charge in [-0.15, -0.1) is 0 Å². The van der Waals surface area contributed by atoms with Crippen LogP contribution in [-0.2, 0) is 19.5 Å². The molecule has 2 N–H and O–H groups in total. The second-order valence-electron chi connectivity index (χ2n) is 9.70. The van der Waals surface area contributed by atoms with Gasteiger partial charge in [-0.1, -0.05) is 40.2 Å². The largest absolute Gasteiger partial charge is 0.353 e. The molecule has 6 rings (SSSR count). The molecule has 0 unspecified atom stereocenters. The van der Waals surface area contributed by atoms with Crippen LogP contribution >= 0.6 is 27.5 Å². The number of primary amides is 1. The molecule has 0 aliphatic carbocycles. The Hall–Kier alpha value is -2.95. The maximum absolute atomic E-state index is 11.9. The quantitative estimate of drug-likeness (QED) is 0.361. The zero-order chi connectivity index (χ0) is 25.4. The van der Waals surface area contributed by atoms with Gasteiger partial charge < -0.3 is 15.5 Å². The van der Waals surface area contributed by atoms with Crippen molar-refractivity contribution in [1.29, 1.82) is 0 Å². The average molecular weight is 581 g/mol. The van der Waals surface area contributed by atoms with Gasteiger partial charge in [-0.25, -0.2) is 4.79 Å². The standard InChI is InChI=1S/C27H30BrN7OS/c28-20-8-6-19(7-9-20)25-22-18-34(27(29)36)13-10-23(22)35(30-25)12-3-11-32-14-16-33(17-15-32)26-21-4-1-2-5-24(21)37-31-26/h1-2,4-9H,3,10-18H2,(H2,29,36). The number of piperazine rings is 1. The Morgan fingerprint density at radius 2 is 1.78 bits per heavy atom. The Morgan fingerprint density at radius 3 is 2.57 bits per heavy atom. The SMILES string of the molecule is NC(=O)N1CCc2c(c(-c3ccc(Br)cc3)nn2CCCN2CCN(c3nsc4ccccc34)CC2)C1. The summed E-state index contributed by atoms with van der Waals surface area (Å²) in [6, 6.07) is 16.3. The molecule has 0 spiro atoms. The maximum atomic E-state index is 11.9. The van der Waals surface area contributed by atoms with Gasteiger partial charge in [0, 0.05) is 78.9 Å². The molecule has 2 aromatic heterocycles. The first-order valence-electron chi connectivity index (χ1n) is 12.8. The second-order valence-corrected chi connectivity index (χ2v) is 11.4. The number of hydrogen-bond acceptors (Lipinski definition) is 6. The summed E-state index contributed by atoms with van der Waals surface area (Å²) in [6.07, 6.45) is 1.81. The fourth-order valence-electron chi connectivity index (χ4n) is 5.43. The number of anilines is 1. The van der Waals surface area contributed by atoms with E-state index in [2.05, 4.69) is 66.8 Å². The van der Waals surface area contributed by atoms with Crippen LogP contribution in [-0.4, -0.2) is 69.3 Å². The normalized spacial score (nSPS) is 16.4. The second kappa shape index (κ2) is 10.4. The number of rotatable bonds is 6.